The fraction of sp³-hybridized carbons (Fsp3) is 0.611. The van der Waals surface area contributed by atoms with E-state index in [0.29, 0.717) is 11.4 Å². The Morgan fingerprint density at radius 1 is 1.23 bits per heavy atom. The SMILES string of the molecule is [2H]C(c1ccc(Cl)cc1)C(CC)C(O)C(=O)N(C(C)C)C(C)C. The molecule has 1 rings (SSSR count). The molecule has 3 nitrogen and oxygen atoms in total. The van der Waals surface area contributed by atoms with Gasteiger partial charge < -0.3 is 10.0 Å². The molecule has 3 unspecified atom stereocenters. The highest BCUT2D eigenvalue weighted by Crippen LogP contribution is 2.21. The van der Waals surface area contributed by atoms with Crippen LogP contribution in [0.15, 0.2) is 24.3 Å². The fourth-order valence-corrected chi connectivity index (χ4v) is 2.82. The second-order valence-corrected chi connectivity index (χ2v) is 6.60. The molecule has 4 heteroatoms. The maximum absolute atomic E-state index is 12.7. The first kappa shape index (κ1) is 17.3. The summed E-state index contributed by atoms with van der Waals surface area (Å²) < 4.78 is 8.45. The standard InChI is InChI=1S/C18H28ClNO2/c1-6-15(11-14-7-9-16(19)10-8-14)17(21)18(22)20(12(2)3)13(4)5/h7-10,12-13,15,17,21H,6,11H2,1-5H3/i11D. The van der Waals surface area contributed by atoms with Crippen molar-refractivity contribution in [2.45, 2.75) is 65.6 Å². The van der Waals surface area contributed by atoms with E-state index in [1.54, 1.807) is 29.2 Å². The highest BCUT2D eigenvalue weighted by Gasteiger charge is 2.31. The van der Waals surface area contributed by atoms with Crippen LogP contribution in [-0.2, 0) is 11.2 Å². The Kier molecular flexibility index (Phi) is 6.71. The van der Waals surface area contributed by atoms with Crippen LogP contribution < -0.4 is 0 Å². The second kappa shape index (κ2) is 8.54. The molecular formula is C18H28ClNO2. The maximum Gasteiger partial charge on any atom is 0.252 e. The average molecular weight is 327 g/mol. The number of aliphatic hydroxyl groups excluding tert-OH is 1. The van der Waals surface area contributed by atoms with E-state index in [1.165, 1.54) is 0 Å². The van der Waals surface area contributed by atoms with Crippen molar-refractivity contribution in [3.8, 4) is 0 Å². The Morgan fingerprint density at radius 2 is 1.73 bits per heavy atom. The van der Waals surface area contributed by atoms with Crippen LogP contribution in [0, 0.1) is 5.92 Å². The Morgan fingerprint density at radius 3 is 2.14 bits per heavy atom. The van der Waals surface area contributed by atoms with E-state index < -0.39 is 18.4 Å². The number of nitrogens with zero attached hydrogens (tertiary/aromatic N) is 1. The van der Waals surface area contributed by atoms with E-state index in [2.05, 4.69) is 0 Å². The van der Waals surface area contributed by atoms with Gasteiger partial charge in [0.05, 0.1) is 0 Å². The molecule has 0 aliphatic rings. The average Bonchev–Trinajstić information content (AvgIpc) is 2.47. The second-order valence-electron chi connectivity index (χ2n) is 6.17. The number of halogens is 1. The molecule has 0 aliphatic heterocycles. The van der Waals surface area contributed by atoms with Crippen molar-refractivity contribution in [2.75, 3.05) is 0 Å². The van der Waals surface area contributed by atoms with Crippen LogP contribution in [-0.4, -0.2) is 34.1 Å². The predicted octanol–water partition coefficient (Wildman–Crippen LogP) is 3.92. The number of carbonyl (C=O) groups is 1. The number of aliphatic hydroxyl groups is 1. The van der Waals surface area contributed by atoms with E-state index >= 15 is 0 Å². The first-order valence-electron chi connectivity index (χ1n) is 8.46. The minimum Gasteiger partial charge on any atom is -0.383 e. The van der Waals surface area contributed by atoms with Gasteiger partial charge in [-0.05, 0) is 64.1 Å². The number of carbonyl (C=O) groups excluding carboxylic acids is 1. The van der Waals surface area contributed by atoms with Crippen LogP contribution >= 0.6 is 11.6 Å². The minimum atomic E-state index is -1.18. The smallest absolute Gasteiger partial charge is 0.252 e. The monoisotopic (exact) mass is 326 g/mol. The summed E-state index contributed by atoms with van der Waals surface area (Å²) in [6.07, 6.45) is -1.30. The summed E-state index contributed by atoms with van der Waals surface area (Å²) in [4.78, 5) is 14.4. The predicted molar refractivity (Wildman–Crippen MR) is 92.1 cm³/mol. The number of benzene rings is 1. The van der Waals surface area contributed by atoms with Gasteiger partial charge in [-0.3, -0.25) is 4.79 Å². The van der Waals surface area contributed by atoms with Crippen molar-refractivity contribution in [3.05, 3.63) is 34.9 Å². The third-order valence-electron chi connectivity index (χ3n) is 3.77. The quantitative estimate of drug-likeness (QED) is 0.825. The lowest BCUT2D eigenvalue weighted by molar-refractivity contribution is -0.147. The first-order valence-corrected chi connectivity index (χ1v) is 8.26. The van der Waals surface area contributed by atoms with Crippen LogP contribution in [0.25, 0.3) is 0 Å². The van der Waals surface area contributed by atoms with E-state index in [0.717, 1.165) is 5.56 Å². The third-order valence-corrected chi connectivity index (χ3v) is 4.03. The molecule has 0 saturated carbocycles. The molecule has 22 heavy (non-hydrogen) atoms. The van der Waals surface area contributed by atoms with Gasteiger partial charge in [-0.15, -0.1) is 0 Å². The molecule has 0 aliphatic carbocycles. The normalized spacial score (nSPS) is 16.3. The summed E-state index contributed by atoms with van der Waals surface area (Å²) in [5, 5.41) is 11.2. The van der Waals surface area contributed by atoms with Gasteiger partial charge >= 0.3 is 0 Å². The van der Waals surface area contributed by atoms with Crippen LogP contribution in [0.4, 0.5) is 0 Å². The molecular weight excluding hydrogens is 298 g/mol. The van der Waals surface area contributed by atoms with E-state index in [-0.39, 0.29) is 18.0 Å². The lowest BCUT2D eigenvalue weighted by atomic mass is 9.90. The zero-order chi connectivity index (χ0) is 17.7. The Labute approximate surface area is 140 Å². The van der Waals surface area contributed by atoms with Gasteiger partial charge in [0.25, 0.3) is 5.91 Å². The molecule has 0 heterocycles. The van der Waals surface area contributed by atoms with Gasteiger partial charge in [-0.25, -0.2) is 0 Å². The molecule has 1 aromatic rings. The molecule has 0 fully saturated rings. The summed E-state index contributed by atoms with van der Waals surface area (Å²) in [6.45, 7) is 9.63. The molecule has 3 atom stereocenters. The van der Waals surface area contributed by atoms with Crippen LogP contribution in [0.5, 0.6) is 0 Å². The molecule has 0 saturated heterocycles. The zero-order valence-corrected chi connectivity index (χ0v) is 14.8. The van der Waals surface area contributed by atoms with Crippen molar-refractivity contribution >= 4 is 17.5 Å². The molecule has 0 spiro atoms. The van der Waals surface area contributed by atoms with Crippen LogP contribution in [0.1, 0.15) is 48.0 Å². The van der Waals surface area contributed by atoms with Gasteiger partial charge in [-0.1, -0.05) is 30.7 Å². The molecule has 1 amide bonds. The molecule has 1 N–H and O–H groups in total. The summed E-state index contributed by atoms with van der Waals surface area (Å²) in [5.74, 6) is -0.753. The molecule has 124 valence electrons. The lowest BCUT2D eigenvalue weighted by Gasteiger charge is -2.34. The summed E-state index contributed by atoms with van der Waals surface area (Å²) in [6, 6.07) is 7.04. The van der Waals surface area contributed by atoms with Gasteiger partial charge in [0.15, 0.2) is 0 Å². The molecule has 0 bridgehead atoms. The highest BCUT2D eigenvalue weighted by molar-refractivity contribution is 6.30. The third kappa shape index (κ3) is 4.99. The van der Waals surface area contributed by atoms with Crippen molar-refractivity contribution in [2.24, 2.45) is 5.92 Å². The van der Waals surface area contributed by atoms with Crippen molar-refractivity contribution in [1.29, 1.82) is 0 Å². The maximum atomic E-state index is 12.7. The zero-order valence-electron chi connectivity index (χ0n) is 15.1. The number of rotatable bonds is 7. The van der Waals surface area contributed by atoms with E-state index in [9.17, 15) is 9.90 Å². The van der Waals surface area contributed by atoms with Gasteiger partial charge in [0.1, 0.15) is 6.10 Å². The lowest BCUT2D eigenvalue weighted by Crippen LogP contribution is -2.49. The van der Waals surface area contributed by atoms with Crippen LogP contribution in [0.3, 0.4) is 0 Å². The Balaban J connectivity index is 2.99. The van der Waals surface area contributed by atoms with Gasteiger partial charge in [0.2, 0.25) is 0 Å². The van der Waals surface area contributed by atoms with Crippen molar-refractivity contribution in [3.63, 3.8) is 0 Å². The van der Waals surface area contributed by atoms with E-state index in [1.807, 2.05) is 34.6 Å². The molecule has 0 aromatic heterocycles. The summed E-state index contributed by atoms with van der Waals surface area (Å²) >= 11 is 5.88. The minimum absolute atomic E-state index is 0.00868. The Bertz CT molecular complexity index is 496. The first-order chi connectivity index (χ1) is 10.7. The fourth-order valence-electron chi connectivity index (χ4n) is 2.69. The molecule has 1 aromatic carbocycles. The van der Waals surface area contributed by atoms with Gasteiger partial charge in [0, 0.05) is 18.5 Å². The summed E-state index contributed by atoms with van der Waals surface area (Å²) in [7, 11) is 0. The number of hydrogen-bond donors (Lipinski definition) is 1. The Hall–Kier alpha value is -1.06. The summed E-state index contributed by atoms with van der Waals surface area (Å²) in [5.41, 5.74) is 0.758. The highest BCUT2D eigenvalue weighted by atomic mass is 35.5. The van der Waals surface area contributed by atoms with Crippen molar-refractivity contribution in [1.82, 2.24) is 4.90 Å². The largest absolute Gasteiger partial charge is 0.383 e. The number of hydrogen-bond acceptors (Lipinski definition) is 2. The molecule has 0 radical (unpaired) electrons. The van der Waals surface area contributed by atoms with Crippen molar-refractivity contribution < 1.29 is 11.3 Å². The topological polar surface area (TPSA) is 40.5 Å². The van der Waals surface area contributed by atoms with E-state index in [4.69, 9.17) is 13.0 Å². The van der Waals surface area contributed by atoms with Crippen LogP contribution in [0.2, 0.25) is 5.02 Å². The van der Waals surface area contributed by atoms with Gasteiger partial charge in [-0.2, -0.15) is 0 Å². The number of amides is 1.